The number of nitrogens with zero attached hydrogens (tertiary/aromatic N) is 1. The zero-order chi connectivity index (χ0) is 25.7. The number of amides is 2. The van der Waals surface area contributed by atoms with Gasteiger partial charge in [0, 0.05) is 24.3 Å². The average molecular weight is 575 g/mol. The molecule has 0 spiro atoms. The fourth-order valence-electron chi connectivity index (χ4n) is 3.95. The van der Waals surface area contributed by atoms with E-state index >= 15 is 0 Å². The molecule has 0 aliphatic heterocycles. The minimum absolute atomic E-state index is 0.159. The molecule has 2 atom stereocenters. The normalized spacial score (nSPS) is 18.2. The van der Waals surface area contributed by atoms with Crippen LogP contribution >= 0.6 is 58.0 Å². The van der Waals surface area contributed by atoms with Crippen LogP contribution in [0.5, 0.6) is 0 Å². The first-order valence-electron chi connectivity index (χ1n) is 10.4. The van der Waals surface area contributed by atoms with E-state index in [0.29, 0.717) is 27.0 Å². The molecule has 0 saturated heterocycles. The molecule has 1 N–H and O–H groups in total. The molecule has 0 heterocycles. The molecule has 2 amide bonds. The van der Waals surface area contributed by atoms with Crippen molar-refractivity contribution in [2.75, 3.05) is 17.3 Å². The molecule has 10 heteroatoms. The van der Waals surface area contributed by atoms with E-state index in [9.17, 15) is 14.0 Å². The third-order valence-electron chi connectivity index (χ3n) is 5.91. The van der Waals surface area contributed by atoms with Gasteiger partial charge in [0.25, 0.3) is 5.91 Å². The molecule has 4 nitrogen and oxygen atoms in total. The molecule has 1 aliphatic rings. The number of alkyl halides is 2. The Balaban J connectivity index is 1.54. The first-order valence-corrected chi connectivity index (χ1v) is 12.3. The Morgan fingerprint density at radius 1 is 0.971 bits per heavy atom. The Kier molecular flexibility index (Phi) is 7.29. The van der Waals surface area contributed by atoms with Gasteiger partial charge in [-0.25, -0.2) is 4.39 Å². The van der Waals surface area contributed by atoms with Gasteiger partial charge >= 0.3 is 0 Å². The molecule has 0 aromatic heterocycles. The monoisotopic (exact) mass is 572 g/mol. The highest BCUT2D eigenvalue weighted by molar-refractivity contribution is 6.53. The molecule has 0 unspecified atom stereocenters. The Morgan fingerprint density at radius 3 is 2.26 bits per heavy atom. The molecule has 1 saturated carbocycles. The number of anilines is 2. The van der Waals surface area contributed by atoms with E-state index in [2.05, 4.69) is 5.32 Å². The van der Waals surface area contributed by atoms with Crippen LogP contribution in [-0.4, -0.2) is 23.2 Å². The number of aryl methyl sites for hydroxylation is 1. The lowest BCUT2D eigenvalue weighted by Gasteiger charge is -2.18. The van der Waals surface area contributed by atoms with Gasteiger partial charge in [0.05, 0.1) is 26.5 Å². The quantitative estimate of drug-likeness (QED) is 0.315. The highest BCUT2D eigenvalue weighted by atomic mass is 35.5. The van der Waals surface area contributed by atoms with Crippen LogP contribution in [0.25, 0.3) is 0 Å². The summed E-state index contributed by atoms with van der Waals surface area (Å²) in [7, 11) is 1.54. The number of carbonyl (C=O) groups is 2. The van der Waals surface area contributed by atoms with Gasteiger partial charge in [-0.3, -0.25) is 9.59 Å². The molecular formula is C25H18Cl5FN2O2. The minimum Gasteiger partial charge on any atom is -0.326 e. The standard InChI is InChI=1S/C25H18Cl5FN2O2/c1-12-9-13(10-19(27)22(12)28)20-21(25(20,29)30)23(34)32-15-5-8-18(26)17(11-15)24(35)33(2)16-6-3-14(31)4-7-16/h3-11,20-21H,1-2H3,(H,32,34)/t20-,21+/m0/s1. The van der Waals surface area contributed by atoms with Crippen molar-refractivity contribution in [3.63, 3.8) is 0 Å². The molecular weight excluding hydrogens is 557 g/mol. The smallest absolute Gasteiger partial charge is 0.259 e. The van der Waals surface area contributed by atoms with Crippen LogP contribution < -0.4 is 10.2 Å². The van der Waals surface area contributed by atoms with E-state index in [0.717, 1.165) is 5.56 Å². The molecule has 1 aliphatic carbocycles. The van der Waals surface area contributed by atoms with Crippen molar-refractivity contribution in [3.05, 3.63) is 92.2 Å². The second-order valence-electron chi connectivity index (χ2n) is 8.29. The Labute approximate surface area is 226 Å². The number of benzene rings is 3. The molecule has 4 rings (SSSR count). The fraction of sp³-hybridized carbons (Fsp3) is 0.200. The Hall–Kier alpha value is -2.02. The van der Waals surface area contributed by atoms with Gasteiger partial charge < -0.3 is 10.2 Å². The van der Waals surface area contributed by atoms with E-state index in [1.807, 2.05) is 0 Å². The van der Waals surface area contributed by atoms with E-state index in [1.54, 1.807) is 32.2 Å². The third-order valence-corrected chi connectivity index (χ3v) is 8.08. The van der Waals surface area contributed by atoms with Crippen molar-refractivity contribution >= 4 is 81.2 Å². The fourth-order valence-corrected chi connectivity index (χ4v) is 5.36. The lowest BCUT2D eigenvalue weighted by molar-refractivity contribution is -0.117. The average Bonchev–Trinajstić information content (AvgIpc) is 3.40. The molecule has 0 bridgehead atoms. The summed E-state index contributed by atoms with van der Waals surface area (Å²) in [4.78, 5) is 27.4. The second-order valence-corrected chi connectivity index (χ2v) is 10.9. The minimum atomic E-state index is -1.33. The van der Waals surface area contributed by atoms with Gasteiger partial charge in [0.2, 0.25) is 5.91 Å². The predicted molar refractivity (Wildman–Crippen MR) is 141 cm³/mol. The summed E-state index contributed by atoms with van der Waals surface area (Å²) >= 11 is 31.5. The van der Waals surface area contributed by atoms with E-state index in [4.69, 9.17) is 58.0 Å². The van der Waals surface area contributed by atoms with Crippen molar-refractivity contribution in [2.24, 2.45) is 5.92 Å². The first kappa shape index (κ1) is 26.1. The summed E-state index contributed by atoms with van der Waals surface area (Å²) < 4.78 is 11.9. The summed E-state index contributed by atoms with van der Waals surface area (Å²) in [6, 6.07) is 13.5. The van der Waals surface area contributed by atoms with Crippen molar-refractivity contribution in [2.45, 2.75) is 17.2 Å². The van der Waals surface area contributed by atoms with Crippen LogP contribution in [0.15, 0.2) is 54.6 Å². The lowest BCUT2D eigenvalue weighted by Crippen LogP contribution is -2.26. The number of carbonyl (C=O) groups excluding carboxylic acids is 2. The number of rotatable bonds is 5. The van der Waals surface area contributed by atoms with Crippen LogP contribution in [0.2, 0.25) is 15.1 Å². The van der Waals surface area contributed by atoms with Gasteiger partial charge in [0.15, 0.2) is 0 Å². The number of nitrogens with one attached hydrogen (secondary N) is 1. The summed E-state index contributed by atoms with van der Waals surface area (Å²) in [5.74, 6) is -2.51. The number of halogens is 6. The van der Waals surface area contributed by atoms with Crippen LogP contribution in [0.3, 0.4) is 0 Å². The molecule has 3 aromatic carbocycles. The lowest BCUT2D eigenvalue weighted by atomic mass is 10.1. The molecule has 0 radical (unpaired) electrons. The largest absolute Gasteiger partial charge is 0.326 e. The summed E-state index contributed by atoms with van der Waals surface area (Å²) in [5.41, 5.74) is 2.43. The third kappa shape index (κ3) is 5.11. The van der Waals surface area contributed by atoms with Gasteiger partial charge in [-0.1, -0.05) is 40.9 Å². The predicted octanol–water partition coefficient (Wildman–Crippen LogP) is 7.90. The zero-order valence-electron chi connectivity index (χ0n) is 18.4. The maximum absolute atomic E-state index is 13.2. The van der Waals surface area contributed by atoms with E-state index in [-0.39, 0.29) is 10.6 Å². The van der Waals surface area contributed by atoms with Crippen molar-refractivity contribution in [3.8, 4) is 0 Å². The number of hydrogen-bond acceptors (Lipinski definition) is 2. The van der Waals surface area contributed by atoms with Crippen LogP contribution in [0.1, 0.15) is 27.4 Å². The maximum Gasteiger partial charge on any atom is 0.259 e. The van der Waals surface area contributed by atoms with Gasteiger partial charge in [0.1, 0.15) is 10.2 Å². The zero-order valence-corrected chi connectivity index (χ0v) is 22.2. The van der Waals surface area contributed by atoms with E-state index < -0.39 is 33.8 Å². The molecule has 1 fully saturated rings. The summed E-state index contributed by atoms with van der Waals surface area (Å²) in [6.45, 7) is 1.80. The van der Waals surface area contributed by atoms with Crippen molar-refractivity contribution in [1.29, 1.82) is 0 Å². The second kappa shape index (κ2) is 9.79. The Morgan fingerprint density at radius 2 is 1.63 bits per heavy atom. The van der Waals surface area contributed by atoms with Crippen LogP contribution in [-0.2, 0) is 4.79 Å². The van der Waals surface area contributed by atoms with Crippen molar-refractivity contribution in [1.82, 2.24) is 0 Å². The maximum atomic E-state index is 13.2. The van der Waals surface area contributed by atoms with Gasteiger partial charge in [-0.2, -0.15) is 0 Å². The summed E-state index contributed by atoms with van der Waals surface area (Å²) in [6.07, 6.45) is 0. The van der Waals surface area contributed by atoms with Crippen LogP contribution in [0.4, 0.5) is 15.8 Å². The highest BCUT2D eigenvalue weighted by Crippen LogP contribution is 2.65. The first-order chi connectivity index (χ1) is 16.4. The molecule has 182 valence electrons. The van der Waals surface area contributed by atoms with Crippen LogP contribution in [0, 0.1) is 18.7 Å². The molecule has 35 heavy (non-hydrogen) atoms. The van der Waals surface area contributed by atoms with Gasteiger partial charge in [-0.05, 0) is 66.6 Å². The SMILES string of the molecule is Cc1cc([C@H]2[C@H](C(=O)Nc3ccc(Cl)c(C(=O)N(C)c4ccc(F)cc4)c3)C2(Cl)Cl)cc(Cl)c1Cl. The van der Waals surface area contributed by atoms with Gasteiger partial charge in [-0.15, -0.1) is 23.2 Å². The number of hydrogen-bond donors (Lipinski definition) is 1. The summed E-state index contributed by atoms with van der Waals surface area (Å²) in [5, 5.41) is 3.74. The van der Waals surface area contributed by atoms with Crippen molar-refractivity contribution < 1.29 is 14.0 Å². The highest BCUT2D eigenvalue weighted by Gasteiger charge is 2.67. The topological polar surface area (TPSA) is 49.4 Å². The van der Waals surface area contributed by atoms with E-state index in [1.165, 1.54) is 41.3 Å². The molecule has 3 aromatic rings. The Bertz CT molecular complexity index is 1310.